The van der Waals surface area contributed by atoms with E-state index in [2.05, 4.69) is 61.8 Å². The lowest BCUT2D eigenvalue weighted by Crippen LogP contribution is -2.51. The Labute approximate surface area is 762 Å². The highest BCUT2D eigenvalue weighted by molar-refractivity contribution is 7.86. The van der Waals surface area contributed by atoms with Gasteiger partial charge >= 0.3 is 54.5 Å². The van der Waals surface area contributed by atoms with Crippen LogP contribution in [0.4, 0.5) is 46.5 Å². The van der Waals surface area contributed by atoms with Crippen molar-refractivity contribution in [2.45, 2.75) is 31.7 Å². The van der Waals surface area contributed by atoms with Gasteiger partial charge in [0.2, 0.25) is 23.8 Å². The van der Waals surface area contributed by atoms with Gasteiger partial charge in [-0.25, -0.2) is 0 Å². The highest BCUT2D eigenvalue weighted by Crippen LogP contribution is 2.53. The molecule has 10 aromatic rings. The summed E-state index contributed by atoms with van der Waals surface area (Å²) >= 11 is 0. The van der Waals surface area contributed by atoms with Gasteiger partial charge in [-0.15, -0.1) is 50.5 Å². The average molecular weight is 1990 g/mol. The van der Waals surface area contributed by atoms with Crippen LogP contribution in [0.15, 0.2) is 272 Å². The van der Waals surface area contributed by atoms with E-state index in [1.165, 1.54) is 77.5 Å². The van der Waals surface area contributed by atoms with Crippen molar-refractivity contribution >= 4 is 176 Å². The SMILES string of the molecule is CN1C(=O)C(C(=O)c2ccccc2)=C2c3ccccc3C(=O)C3=C(Nc4ccc(S(=O)(=O)O)c(Nc5nc(NCCNc6nc(Nc7ccc(S(=O)(=O)O)c(NC8=C9C(=O)c%10ccccc%10C%10=C(C(=O)c%11cccc(S(=O)(=O)O)c%11)C(=O)N(C)C(C=C8)C9%10)c7)nc(Oc7ccc(S(=O)(=O)O)cc7)n6)nc(Oc6ccccc6)n5)c4)C=CC1C32.O=S(=O)=O.O=S(=O)=O.O=S(=O)=O.O=S(=O)=O. The molecule has 4 heterocycles. The van der Waals surface area contributed by atoms with Gasteiger partial charge in [-0.1, -0.05) is 121 Å². The largest absolute Gasteiger partial charge is 0.425 e. The third-order valence-electron chi connectivity index (χ3n) is 20.0. The Morgan fingerprint density at radius 1 is 0.373 bits per heavy atom. The standard InChI is InChI=1S/C80H60N14O20S4.4O3S/c1-93-57-32-30-53(63-65(57)61(49-20-9-11-22-51(49)71(63)97)67(73(93)99)69(95)41-14-5-3-6-15-41)83-43-24-34-60(118(110,111)112)56(39-43)86-78-88-76(90-80(92-78)113-45-17-7-4-8-18-45)82-37-36-81-75-87-77(91-79(89-75)114-46-26-28-47(29-27-46)115(101,102)103)84-44-25-35-59(117(107,108)109)55(40-44)85-54-31-33-58-66-62(50-21-10-12-23-52(50)72(98)64(54)66)68(74(100)94(58)2)70(96)42-16-13-19-48(38-42)116(104,105)106;4*1-4(2)3/h3-35,38-40,57-58,65-66,83,85H,36-37H2,1-2H3,(H,101,102,103)(H,104,105,106)(H,107,108,109)(H,110,111,112)(H2,81,84,87,89,91)(H2,82,86,88,90,92);;;;. The summed E-state index contributed by atoms with van der Waals surface area (Å²) in [4.78, 5) is 115. The van der Waals surface area contributed by atoms with Crippen LogP contribution >= 0.6 is 0 Å². The number of fused-ring (bicyclic) bond motifs is 4. The number of benzene rings is 8. The molecule has 0 saturated carbocycles. The van der Waals surface area contributed by atoms with Crippen molar-refractivity contribution in [3.63, 3.8) is 0 Å². The van der Waals surface area contributed by atoms with Crippen LogP contribution in [0, 0.1) is 11.8 Å². The fourth-order valence-electron chi connectivity index (χ4n) is 14.8. The van der Waals surface area contributed by atoms with E-state index in [4.69, 9.17) is 60.0 Å². The van der Waals surface area contributed by atoms with Crippen LogP contribution in [0.3, 0.4) is 0 Å². The molecule has 6 aliphatic rings. The fraction of sp³-hybridized carbons (Fsp3) is 0.100. The van der Waals surface area contributed by atoms with Gasteiger partial charge in [0.05, 0.1) is 44.4 Å². The second kappa shape index (κ2) is 40.4. The molecule has 0 saturated heterocycles. The van der Waals surface area contributed by atoms with Crippen molar-refractivity contribution in [2.24, 2.45) is 11.8 Å². The van der Waals surface area contributed by atoms with Gasteiger partial charge in [0.25, 0.3) is 52.3 Å². The molecule has 54 heteroatoms. The summed E-state index contributed by atoms with van der Waals surface area (Å²) in [7, 11) is -29.2. The third kappa shape index (κ3) is 22.7. The van der Waals surface area contributed by atoms with E-state index in [0.717, 1.165) is 36.4 Å². The van der Waals surface area contributed by atoms with Crippen LogP contribution in [-0.4, -0.2) is 216 Å². The molecule has 0 radical (unpaired) electrons. The van der Waals surface area contributed by atoms with Crippen LogP contribution in [0.2, 0.25) is 0 Å². The number of allylic oxidation sites excluding steroid dienone is 2. The Bertz CT molecular complexity index is 7680. The predicted octanol–water partition coefficient (Wildman–Crippen LogP) is 6.07. The second-order valence-electron chi connectivity index (χ2n) is 28.0. The number of para-hydroxylation sites is 1. The molecule has 134 heavy (non-hydrogen) atoms. The second-order valence-corrected chi connectivity index (χ2v) is 35.3. The first-order valence-corrected chi connectivity index (χ1v) is 47.3. The molecule has 2 aliphatic heterocycles. The number of ether oxygens (including phenoxy) is 2. The first kappa shape index (κ1) is 97.4. The van der Waals surface area contributed by atoms with Crippen LogP contribution in [-0.2, 0) is 92.5 Å². The first-order valence-electron chi connectivity index (χ1n) is 37.5. The molecule has 8 aromatic carbocycles. The van der Waals surface area contributed by atoms with Crippen molar-refractivity contribution < 1.29 is 141 Å². The molecular formula is C80H60N14O32S8. The average Bonchev–Trinajstić information content (AvgIpc) is 0.710. The zero-order chi connectivity index (χ0) is 97.3. The van der Waals surface area contributed by atoms with Gasteiger partial charge in [-0.2, -0.15) is 63.6 Å². The minimum absolute atomic E-state index is 0.00418. The van der Waals surface area contributed by atoms with E-state index in [1.54, 1.807) is 128 Å². The number of Topliss-reactive ketones (excluding diaryl/α,β-unsaturated/α-hetero) is 4. The lowest BCUT2D eigenvalue weighted by atomic mass is 9.65. The zero-order valence-corrected chi connectivity index (χ0v) is 74.1. The molecule has 4 atom stereocenters. The van der Waals surface area contributed by atoms with Gasteiger partial charge in [0.15, 0.2) is 23.1 Å². The molecule has 2 amide bonds. The number of rotatable bonds is 25. The highest BCUT2D eigenvalue weighted by Gasteiger charge is 2.52. The number of amides is 2. The quantitative estimate of drug-likeness (QED) is 0.0134. The van der Waals surface area contributed by atoms with Crippen LogP contribution in [0.1, 0.15) is 52.6 Å². The van der Waals surface area contributed by atoms with Crippen LogP contribution in [0.25, 0.3) is 11.1 Å². The maximum Gasteiger partial charge on any atom is 0.425 e. The lowest BCUT2D eigenvalue weighted by Gasteiger charge is -2.45. The number of carbonyl (C=O) groups is 6. The Hall–Kier alpha value is -15.6. The maximum absolute atomic E-state index is 15.0. The first-order chi connectivity index (χ1) is 63.2. The zero-order valence-electron chi connectivity index (χ0n) is 67.6. The van der Waals surface area contributed by atoms with Crippen molar-refractivity contribution in [1.29, 1.82) is 0 Å². The van der Waals surface area contributed by atoms with Gasteiger partial charge in [-0.05, 0) is 119 Å². The monoisotopic (exact) mass is 1980 g/mol. The molecule has 4 unspecified atom stereocenters. The maximum atomic E-state index is 15.0. The summed E-state index contributed by atoms with van der Waals surface area (Å²) in [5.74, 6) is -6.64. The molecule has 0 fully saturated rings. The summed E-state index contributed by atoms with van der Waals surface area (Å²) in [6.07, 6.45) is 6.31. The Morgan fingerprint density at radius 2 is 0.739 bits per heavy atom. The molecule has 16 rings (SSSR count). The van der Waals surface area contributed by atoms with Crippen molar-refractivity contribution in [1.82, 2.24) is 39.7 Å². The smallest absolute Gasteiger partial charge is 0.424 e. The number of aromatic nitrogens is 6. The molecule has 0 spiro atoms. The van der Waals surface area contributed by atoms with Crippen molar-refractivity contribution in [2.75, 3.05) is 59.1 Å². The van der Waals surface area contributed by atoms with Crippen molar-refractivity contribution in [3.05, 3.63) is 285 Å². The third-order valence-corrected chi connectivity index (χ3v) is 23.5. The minimum Gasteiger partial charge on any atom is -0.424 e. The summed E-state index contributed by atoms with van der Waals surface area (Å²) in [6.45, 7) is -0.220. The summed E-state index contributed by atoms with van der Waals surface area (Å²) in [5.41, 5.74) is 0.679. The summed E-state index contributed by atoms with van der Waals surface area (Å²) in [5, 5.41) is 18.1. The van der Waals surface area contributed by atoms with Crippen LogP contribution in [0.5, 0.6) is 23.5 Å². The van der Waals surface area contributed by atoms with Gasteiger partial charge < -0.3 is 51.2 Å². The molecule has 690 valence electrons. The van der Waals surface area contributed by atoms with E-state index >= 15 is 0 Å². The topological polar surface area (TPSA) is 699 Å². The van der Waals surface area contributed by atoms with Gasteiger partial charge in [0, 0.05) is 95.2 Å². The highest BCUT2D eigenvalue weighted by atomic mass is 32.2. The van der Waals surface area contributed by atoms with Gasteiger partial charge in [0.1, 0.15) is 21.3 Å². The number of nitrogens with one attached hydrogen (secondary N) is 6. The summed E-state index contributed by atoms with van der Waals surface area (Å²) in [6, 6.07) is 43.0. The van der Waals surface area contributed by atoms with Gasteiger partial charge in [-0.3, -0.25) is 47.0 Å². The molecule has 46 nitrogen and oxygen atoms in total. The van der Waals surface area contributed by atoms with E-state index in [1.807, 2.05) is 0 Å². The number of likely N-dealkylation sites (N-methyl/N-ethyl adjacent to an activating group) is 2. The van der Waals surface area contributed by atoms with E-state index in [9.17, 15) is 80.6 Å². The van der Waals surface area contributed by atoms with Crippen molar-refractivity contribution in [3.8, 4) is 23.5 Å². The molecule has 4 aliphatic carbocycles. The number of carbonyl (C=O) groups excluding carboxylic acids is 6. The predicted molar refractivity (Wildman–Crippen MR) is 464 cm³/mol. The number of nitrogens with zero attached hydrogens (tertiary/aromatic N) is 8. The molecule has 2 aromatic heterocycles. The number of hydrogen-bond donors (Lipinski definition) is 10. The normalized spacial score (nSPS) is 16.1. The van der Waals surface area contributed by atoms with E-state index in [0.29, 0.717) is 11.1 Å². The number of anilines is 8. The van der Waals surface area contributed by atoms with E-state index in [-0.39, 0.29) is 139 Å². The summed E-state index contributed by atoms with van der Waals surface area (Å²) < 4.78 is 256. The Morgan fingerprint density at radius 3 is 1.17 bits per heavy atom. The Balaban J connectivity index is 0.000000937. The minimum atomic E-state index is -5.13. The fourth-order valence-corrected chi connectivity index (χ4v) is 17.0. The van der Waals surface area contributed by atoms with Crippen LogP contribution < -0.4 is 41.4 Å². The lowest BCUT2D eigenvalue weighted by molar-refractivity contribution is -0.128. The molecular weight excluding hydrogens is 1930 g/mol. The molecule has 0 bridgehead atoms. The number of hydrogen-bond acceptors (Lipinski definition) is 40. The Kier molecular flexibility index (Phi) is 29.4. The number of ketones is 4. The van der Waals surface area contributed by atoms with E-state index < -0.39 is 173 Å². The molecule has 10 N–H and O–H groups in total.